The molecule has 6 nitrogen and oxygen atoms in total. The van der Waals surface area contributed by atoms with Crippen LogP contribution in [0.1, 0.15) is 63.0 Å². The minimum atomic E-state index is -0.359. The first-order chi connectivity index (χ1) is 13.2. The summed E-state index contributed by atoms with van der Waals surface area (Å²) < 4.78 is 5.25. The lowest BCUT2D eigenvalue weighted by atomic mass is 10.0. The first-order valence-corrected chi connectivity index (χ1v) is 10.1. The van der Waals surface area contributed by atoms with Crippen molar-refractivity contribution in [3.63, 3.8) is 0 Å². The van der Waals surface area contributed by atoms with E-state index >= 15 is 0 Å². The van der Waals surface area contributed by atoms with Gasteiger partial charge in [-0.2, -0.15) is 0 Å². The molecule has 2 N–H and O–H groups in total. The molecule has 1 aromatic rings. The van der Waals surface area contributed by atoms with Gasteiger partial charge < -0.3 is 10.1 Å². The number of carbonyl (C=O) groups is 2. The Bertz CT molecular complexity index is 626. The predicted octanol–water partition coefficient (Wildman–Crippen LogP) is 3.38. The largest absolute Gasteiger partial charge is 0.497 e. The Morgan fingerprint density at radius 1 is 1.04 bits per heavy atom. The lowest BCUT2D eigenvalue weighted by Gasteiger charge is -2.29. The third-order valence-corrected chi connectivity index (χ3v) is 5.65. The molecule has 1 aliphatic carbocycles. The Morgan fingerprint density at radius 2 is 1.74 bits per heavy atom. The summed E-state index contributed by atoms with van der Waals surface area (Å²) in [7, 11) is 1.66. The number of likely N-dealkylation sites (tertiary alicyclic amines) is 1. The van der Waals surface area contributed by atoms with Crippen molar-refractivity contribution in [1.29, 1.82) is 0 Å². The van der Waals surface area contributed by atoms with Crippen LogP contribution in [0, 0.1) is 0 Å². The quantitative estimate of drug-likeness (QED) is 0.830. The highest BCUT2D eigenvalue weighted by atomic mass is 16.5. The van der Waals surface area contributed by atoms with Gasteiger partial charge in [0.05, 0.1) is 13.7 Å². The van der Waals surface area contributed by atoms with E-state index in [2.05, 4.69) is 27.7 Å². The zero-order chi connectivity index (χ0) is 19.1. The van der Waals surface area contributed by atoms with E-state index in [-0.39, 0.29) is 30.6 Å². The number of rotatable bonds is 5. The molecule has 148 valence electrons. The fourth-order valence-corrected chi connectivity index (χ4v) is 4.20. The Morgan fingerprint density at radius 3 is 2.44 bits per heavy atom. The third-order valence-electron chi connectivity index (χ3n) is 5.65. The summed E-state index contributed by atoms with van der Waals surface area (Å²) in [5.41, 5.74) is 1.20. The third kappa shape index (κ3) is 5.70. The molecular weight excluding hydrogens is 342 g/mol. The van der Waals surface area contributed by atoms with Crippen LogP contribution < -0.4 is 15.4 Å². The van der Waals surface area contributed by atoms with Crippen molar-refractivity contribution in [1.82, 2.24) is 15.5 Å². The molecular formula is C21H31N3O3. The number of amides is 3. The van der Waals surface area contributed by atoms with E-state index in [0.717, 1.165) is 57.2 Å². The number of imide groups is 1. The average Bonchev–Trinajstić information content (AvgIpc) is 3.06. The number of methoxy groups -OCH3 is 1. The van der Waals surface area contributed by atoms with Crippen LogP contribution in [0.4, 0.5) is 4.79 Å². The van der Waals surface area contributed by atoms with Crippen LogP contribution in [-0.2, 0) is 4.79 Å². The van der Waals surface area contributed by atoms with Crippen molar-refractivity contribution < 1.29 is 14.3 Å². The van der Waals surface area contributed by atoms with Gasteiger partial charge in [0, 0.05) is 12.1 Å². The molecule has 1 saturated carbocycles. The molecule has 1 heterocycles. The summed E-state index contributed by atoms with van der Waals surface area (Å²) >= 11 is 0. The number of nitrogens with one attached hydrogen (secondary N) is 2. The van der Waals surface area contributed by atoms with Crippen molar-refractivity contribution in [3.8, 4) is 5.75 Å². The second kappa shape index (κ2) is 9.74. The van der Waals surface area contributed by atoms with E-state index in [9.17, 15) is 9.59 Å². The van der Waals surface area contributed by atoms with Crippen molar-refractivity contribution >= 4 is 11.9 Å². The number of hydrogen-bond donors (Lipinski definition) is 2. The first-order valence-electron chi connectivity index (χ1n) is 10.1. The van der Waals surface area contributed by atoms with Crippen LogP contribution >= 0.6 is 0 Å². The van der Waals surface area contributed by atoms with Gasteiger partial charge in [-0.1, -0.05) is 37.8 Å². The van der Waals surface area contributed by atoms with E-state index < -0.39 is 0 Å². The van der Waals surface area contributed by atoms with E-state index in [1.165, 1.54) is 12.0 Å². The molecule has 0 bridgehead atoms. The fraction of sp³-hybridized carbons (Fsp3) is 0.619. The van der Waals surface area contributed by atoms with Crippen LogP contribution in [0.3, 0.4) is 0 Å². The van der Waals surface area contributed by atoms with Crippen LogP contribution in [0.2, 0.25) is 0 Å². The van der Waals surface area contributed by atoms with Gasteiger partial charge in [-0.15, -0.1) is 0 Å². The molecule has 3 amide bonds. The van der Waals surface area contributed by atoms with E-state index in [1.54, 1.807) is 7.11 Å². The van der Waals surface area contributed by atoms with Gasteiger partial charge in [0.15, 0.2) is 0 Å². The highest BCUT2D eigenvalue weighted by molar-refractivity contribution is 5.95. The van der Waals surface area contributed by atoms with Crippen LogP contribution in [0.25, 0.3) is 0 Å². The summed E-state index contributed by atoms with van der Waals surface area (Å²) in [5.74, 6) is 0.603. The molecule has 0 radical (unpaired) electrons. The Labute approximate surface area is 161 Å². The van der Waals surface area contributed by atoms with Gasteiger partial charge >= 0.3 is 6.03 Å². The maximum Gasteiger partial charge on any atom is 0.321 e. The Kier molecular flexibility index (Phi) is 7.10. The predicted molar refractivity (Wildman–Crippen MR) is 105 cm³/mol. The molecule has 1 aliphatic heterocycles. The smallest absolute Gasteiger partial charge is 0.321 e. The summed E-state index contributed by atoms with van der Waals surface area (Å²) in [4.78, 5) is 26.7. The Hall–Kier alpha value is -2.08. The first kappa shape index (κ1) is 19.7. The zero-order valence-electron chi connectivity index (χ0n) is 16.2. The number of hydrogen-bond acceptors (Lipinski definition) is 4. The van der Waals surface area contributed by atoms with Gasteiger partial charge in [-0.25, -0.2) is 4.79 Å². The van der Waals surface area contributed by atoms with Crippen molar-refractivity contribution in [3.05, 3.63) is 29.8 Å². The van der Waals surface area contributed by atoms with Crippen molar-refractivity contribution in [2.75, 3.05) is 20.2 Å². The SMILES string of the molecule is COc1ccc([C@@H]2CCCCCN2CC(=O)NC(=O)NC2CCCC2)cc1. The maximum atomic E-state index is 12.5. The van der Waals surface area contributed by atoms with E-state index in [1.807, 2.05) is 12.1 Å². The lowest BCUT2D eigenvalue weighted by molar-refractivity contribution is -0.121. The van der Waals surface area contributed by atoms with Crippen LogP contribution in [0.5, 0.6) is 5.75 Å². The molecule has 27 heavy (non-hydrogen) atoms. The Balaban J connectivity index is 1.58. The molecule has 6 heteroatoms. The van der Waals surface area contributed by atoms with Gasteiger partial charge in [-0.05, 0) is 49.9 Å². The number of urea groups is 1. The van der Waals surface area contributed by atoms with Gasteiger partial charge in [0.1, 0.15) is 5.75 Å². The molecule has 3 rings (SSSR count). The molecule has 0 unspecified atom stereocenters. The van der Waals surface area contributed by atoms with Gasteiger partial charge in [0.25, 0.3) is 0 Å². The number of nitrogens with zero attached hydrogens (tertiary/aromatic N) is 1. The zero-order valence-corrected chi connectivity index (χ0v) is 16.2. The number of carbonyl (C=O) groups excluding carboxylic acids is 2. The van der Waals surface area contributed by atoms with E-state index in [4.69, 9.17) is 4.74 Å². The lowest BCUT2D eigenvalue weighted by Crippen LogP contribution is -2.47. The summed E-state index contributed by atoms with van der Waals surface area (Å²) in [5, 5.41) is 5.43. The molecule has 0 aromatic heterocycles. The van der Waals surface area contributed by atoms with Crippen LogP contribution in [0.15, 0.2) is 24.3 Å². The number of ether oxygens (including phenoxy) is 1. The minimum Gasteiger partial charge on any atom is -0.497 e. The highest BCUT2D eigenvalue weighted by Crippen LogP contribution is 2.30. The maximum absolute atomic E-state index is 12.5. The van der Waals surface area contributed by atoms with Gasteiger partial charge in [0.2, 0.25) is 5.91 Å². The molecule has 2 aliphatic rings. The van der Waals surface area contributed by atoms with Crippen molar-refractivity contribution in [2.24, 2.45) is 0 Å². The normalized spacial score (nSPS) is 21.4. The second-order valence-corrected chi connectivity index (χ2v) is 7.61. The van der Waals surface area contributed by atoms with Crippen LogP contribution in [-0.4, -0.2) is 43.1 Å². The molecule has 1 saturated heterocycles. The monoisotopic (exact) mass is 373 g/mol. The highest BCUT2D eigenvalue weighted by Gasteiger charge is 2.25. The van der Waals surface area contributed by atoms with Crippen molar-refractivity contribution in [2.45, 2.75) is 63.5 Å². The summed E-state index contributed by atoms with van der Waals surface area (Å²) in [6, 6.07) is 8.13. The molecule has 2 fully saturated rings. The average molecular weight is 373 g/mol. The number of benzene rings is 1. The minimum absolute atomic E-state index is 0.196. The molecule has 0 spiro atoms. The van der Waals surface area contributed by atoms with E-state index in [0.29, 0.717) is 0 Å². The summed E-state index contributed by atoms with van der Waals surface area (Å²) in [6.07, 6.45) is 8.74. The van der Waals surface area contributed by atoms with Gasteiger partial charge in [-0.3, -0.25) is 15.0 Å². The molecule has 1 aromatic carbocycles. The standard InChI is InChI=1S/C21H31N3O3/c1-27-18-12-10-16(11-13-18)19-9-3-2-6-14-24(19)15-20(25)23-21(26)22-17-7-4-5-8-17/h10-13,17,19H,2-9,14-15H2,1H3,(H2,22,23,25,26)/t19-/m0/s1. The topological polar surface area (TPSA) is 70.7 Å². The molecule has 1 atom stereocenters. The fourth-order valence-electron chi connectivity index (χ4n) is 4.20. The second-order valence-electron chi connectivity index (χ2n) is 7.61. The summed E-state index contributed by atoms with van der Waals surface area (Å²) in [6.45, 7) is 1.11.